The van der Waals surface area contributed by atoms with Crippen molar-refractivity contribution >= 4 is 41.5 Å². The normalized spacial score (nSPS) is 14.2. The van der Waals surface area contributed by atoms with Crippen LogP contribution in [-0.4, -0.2) is 75.9 Å². The molecule has 15 heteroatoms. The van der Waals surface area contributed by atoms with Crippen molar-refractivity contribution < 1.29 is 43.8 Å². The Morgan fingerprint density at radius 3 is 1.68 bits per heavy atom. The number of primary amides is 2. The second-order valence-electron chi connectivity index (χ2n) is 8.03. The highest BCUT2D eigenvalue weighted by Crippen LogP contribution is 2.06. The van der Waals surface area contributed by atoms with Crippen molar-refractivity contribution in [3.63, 3.8) is 0 Å². The first kappa shape index (κ1) is 30.2. The number of aliphatic carboxylic acids is 2. The van der Waals surface area contributed by atoms with Crippen molar-refractivity contribution in [3.8, 4) is 0 Å². The highest BCUT2D eigenvalue weighted by atomic mass is 16.4. The Kier molecular flexibility index (Phi) is 12.8. The summed E-state index contributed by atoms with van der Waals surface area (Å²) in [5.41, 5.74) is 16.0. The van der Waals surface area contributed by atoms with Gasteiger partial charge in [-0.1, -0.05) is 13.8 Å². The molecule has 0 spiro atoms. The van der Waals surface area contributed by atoms with Gasteiger partial charge in [-0.2, -0.15) is 0 Å². The average Bonchev–Trinajstić information content (AvgIpc) is 2.68. The minimum Gasteiger partial charge on any atom is -0.481 e. The van der Waals surface area contributed by atoms with Crippen LogP contribution in [0, 0.1) is 5.92 Å². The number of carbonyl (C=O) groups is 7. The fraction of sp³-hybridized carbons (Fsp3) is 0.632. The number of nitrogens with one attached hydrogen (secondary N) is 3. The standard InChI is InChI=1S/C19H32N6O9/c1-8(2)5-9(20)16(30)23-10(3-4-13(21)26)17(31)24-11(6-14(22)27)18(32)25-12(19(33)34)7-15(28)29/h8-12H,3-7,20H2,1-2H3,(H2,21,26)(H2,22,27)(H,23,30)(H,24,31)(H,25,32)(H,28,29)(H,33,34). The van der Waals surface area contributed by atoms with Crippen molar-refractivity contribution in [1.29, 1.82) is 0 Å². The van der Waals surface area contributed by atoms with E-state index in [4.69, 9.17) is 27.4 Å². The highest BCUT2D eigenvalue weighted by molar-refractivity contribution is 5.96. The molecule has 4 atom stereocenters. The van der Waals surface area contributed by atoms with E-state index in [0.717, 1.165) is 0 Å². The first-order valence-corrected chi connectivity index (χ1v) is 10.3. The van der Waals surface area contributed by atoms with Gasteiger partial charge >= 0.3 is 11.9 Å². The summed E-state index contributed by atoms with van der Waals surface area (Å²) < 4.78 is 0. The number of carboxylic acid groups (broad SMARTS) is 2. The molecule has 0 rings (SSSR count). The zero-order valence-electron chi connectivity index (χ0n) is 18.9. The van der Waals surface area contributed by atoms with Gasteiger partial charge in [0.15, 0.2) is 0 Å². The summed E-state index contributed by atoms with van der Waals surface area (Å²) in [7, 11) is 0. The second kappa shape index (κ2) is 14.4. The monoisotopic (exact) mass is 488 g/mol. The molecule has 0 saturated heterocycles. The molecule has 0 aromatic carbocycles. The zero-order valence-corrected chi connectivity index (χ0v) is 18.9. The van der Waals surface area contributed by atoms with E-state index in [9.17, 15) is 33.6 Å². The topological polar surface area (TPSA) is 274 Å². The van der Waals surface area contributed by atoms with Crippen LogP contribution in [0.1, 0.15) is 46.0 Å². The molecule has 11 N–H and O–H groups in total. The number of nitrogens with two attached hydrogens (primary N) is 3. The van der Waals surface area contributed by atoms with Gasteiger partial charge in [-0.25, -0.2) is 4.79 Å². The summed E-state index contributed by atoms with van der Waals surface area (Å²) in [4.78, 5) is 82.2. The third-order valence-corrected chi connectivity index (χ3v) is 4.41. The molecule has 0 aliphatic heterocycles. The smallest absolute Gasteiger partial charge is 0.326 e. The fourth-order valence-electron chi connectivity index (χ4n) is 2.78. The Morgan fingerprint density at radius 2 is 1.24 bits per heavy atom. The highest BCUT2D eigenvalue weighted by Gasteiger charge is 2.32. The molecule has 0 heterocycles. The first-order chi connectivity index (χ1) is 15.6. The molecular weight excluding hydrogens is 456 g/mol. The summed E-state index contributed by atoms with van der Waals surface area (Å²) in [5.74, 6) is -7.84. The van der Waals surface area contributed by atoms with Crippen LogP contribution in [0.4, 0.5) is 0 Å². The van der Waals surface area contributed by atoms with Crippen molar-refractivity contribution in [2.75, 3.05) is 0 Å². The van der Waals surface area contributed by atoms with Crippen LogP contribution in [0.5, 0.6) is 0 Å². The largest absolute Gasteiger partial charge is 0.481 e. The van der Waals surface area contributed by atoms with Crippen LogP contribution in [0.2, 0.25) is 0 Å². The summed E-state index contributed by atoms with van der Waals surface area (Å²) >= 11 is 0. The Morgan fingerprint density at radius 1 is 0.735 bits per heavy atom. The third kappa shape index (κ3) is 12.3. The molecule has 15 nitrogen and oxygen atoms in total. The molecule has 0 fully saturated rings. The Balaban J connectivity index is 5.60. The summed E-state index contributed by atoms with van der Waals surface area (Å²) in [6.07, 6.45) is -2.01. The zero-order chi connectivity index (χ0) is 26.6. The van der Waals surface area contributed by atoms with Crippen LogP contribution in [0.25, 0.3) is 0 Å². The van der Waals surface area contributed by atoms with Gasteiger partial charge in [0.1, 0.15) is 18.1 Å². The van der Waals surface area contributed by atoms with Crippen LogP contribution in [-0.2, 0) is 33.6 Å². The van der Waals surface area contributed by atoms with E-state index in [1.54, 1.807) is 0 Å². The van der Waals surface area contributed by atoms with Gasteiger partial charge in [-0.05, 0) is 18.8 Å². The van der Waals surface area contributed by atoms with E-state index in [1.807, 2.05) is 19.2 Å². The molecular formula is C19H32N6O9. The molecule has 192 valence electrons. The fourth-order valence-corrected chi connectivity index (χ4v) is 2.78. The van der Waals surface area contributed by atoms with Crippen molar-refractivity contribution in [2.24, 2.45) is 23.1 Å². The quantitative estimate of drug-likeness (QED) is 0.106. The maximum absolute atomic E-state index is 12.8. The van der Waals surface area contributed by atoms with E-state index < -0.39 is 78.5 Å². The first-order valence-electron chi connectivity index (χ1n) is 10.3. The van der Waals surface area contributed by atoms with E-state index >= 15 is 0 Å². The number of carbonyl (C=O) groups excluding carboxylic acids is 5. The van der Waals surface area contributed by atoms with Crippen molar-refractivity contribution in [2.45, 2.75) is 70.1 Å². The number of rotatable bonds is 16. The third-order valence-electron chi connectivity index (χ3n) is 4.41. The van der Waals surface area contributed by atoms with Crippen LogP contribution in [0.3, 0.4) is 0 Å². The molecule has 0 saturated carbocycles. The van der Waals surface area contributed by atoms with Gasteiger partial charge in [0.2, 0.25) is 29.5 Å². The lowest BCUT2D eigenvalue weighted by atomic mass is 10.0. The molecule has 5 amide bonds. The Hall–Kier alpha value is -3.75. The predicted molar refractivity (Wildman–Crippen MR) is 115 cm³/mol. The van der Waals surface area contributed by atoms with Crippen LogP contribution >= 0.6 is 0 Å². The lowest BCUT2D eigenvalue weighted by Crippen LogP contribution is -2.58. The Bertz CT molecular complexity index is 801. The molecule has 0 radical (unpaired) electrons. The number of amides is 5. The molecule has 0 aromatic rings. The minimum atomic E-state index is -1.85. The van der Waals surface area contributed by atoms with Gasteiger partial charge in [-0.15, -0.1) is 0 Å². The summed E-state index contributed by atoms with van der Waals surface area (Å²) in [5, 5.41) is 24.3. The number of hydrogen-bond acceptors (Lipinski definition) is 8. The maximum Gasteiger partial charge on any atom is 0.326 e. The van der Waals surface area contributed by atoms with Crippen LogP contribution in [0.15, 0.2) is 0 Å². The molecule has 0 aliphatic carbocycles. The lowest BCUT2D eigenvalue weighted by Gasteiger charge is -2.24. The molecule has 34 heavy (non-hydrogen) atoms. The summed E-state index contributed by atoms with van der Waals surface area (Å²) in [6, 6.07) is -5.90. The molecule has 0 bridgehead atoms. The average molecular weight is 488 g/mol. The van der Waals surface area contributed by atoms with Gasteiger partial charge < -0.3 is 43.4 Å². The van der Waals surface area contributed by atoms with Gasteiger partial charge in [0.05, 0.1) is 18.9 Å². The van der Waals surface area contributed by atoms with Crippen molar-refractivity contribution in [3.05, 3.63) is 0 Å². The van der Waals surface area contributed by atoms with Crippen molar-refractivity contribution in [1.82, 2.24) is 16.0 Å². The Labute approximate surface area is 195 Å². The molecule has 0 aromatic heterocycles. The van der Waals surface area contributed by atoms with E-state index in [0.29, 0.717) is 6.42 Å². The van der Waals surface area contributed by atoms with E-state index in [-0.39, 0.29) is 18.8 Å². The number of carboxylic acids is 2. The predicted octanol–water partition coefficient (Wildman–Crippen LogP) is -3.49. The molecule has 4 unspecified atom stereocenters. The van der Waals surface area contributed by atoms with Gasteiger partial charge in [0, 0.05) is 6.42 Å². The lowest BCUT2D eigenvalue weighted by molar-refractivity contribution is -0.147. The molecule has 0 aliphatic rings. The van der Waals surface area contributed by atoms with E-state index in [1.165, 1.54) is 0 Å². The van der Waals surface area contributed by atoms with Gasteiger partial charge in [0.25, 0.3) is 0 Å². The van der Waals surface area contributed by atoms with Crippen LogP contribution < -0.4 is 33.2 Å². The minimum absolute atomic E-state index is 0.0651. The van der Waals surface area contributed by atoms with E-state index in [2.05, 4.69) is 10.6 Å². The summed E-state index contributed by atoms with van der Waals surface area (Å²) in [6.45, 7) is 3.65. The van der Waals surface area contributed by atoms with Gasteiger partial charge in [-0.3, -0.25) is 28.8 Å². The SMILES string of the molecule is CC(C)CC(N)C(=O)NC(CCC(N)=O)C(=O)NC(CC(N)=O)C(=O)NC(CC(=O)O)C(=O)O. The number of hydrogen-bond donors (Lipinski definition) is 8. The second-order valence-corrected chi connectivity index (χ2v) is 8.03. The maximum atomic E-state index is 12.8.